The number of rotatable bonds is 2. The quantitative estimate of drug-likeness (QED) is 0.842. The van der Waals surface area contributed by atoms with Crippen molar-refractivity contribution in [1.82, 2.24) is 9.88 Å². The Morgan fingerprint density at radius 1 is 0.950 bits per heavy atom. The van der Waals surface area contributed by atoms with Crippen LogP contribution in [0, 0.1) is 0 Å². The number of aromatic nitrogens is 1. The fourth-order valence-electron chi connectivity index (χ4n) is 3.55. The number of pyridine rings is 1. The molecular weight excluding hydrogens is 248 g/mol. The molecule has 1 saturated carbocycles. The van der Waals surface area contributed by atoms with E-state index in [1.807, 2.05) is 12.3 Å². The van der Waals surface area contributed by atoms with Gasteiger partial charge in [-0.25, -0.2) is 4.98 Å². The van der Waals surface area contributed by atoms with E-state index in [-0.39, 0.29) is 0 Å². The predicted octanol–water partition coefficient (Wildman–Crippen LogP) is 2.51. The summed E-state index contributed by atoms with van der Waals surface area (Å²) in [6.45, 7) is 4.61. The lowest BCUT2D eigenvalue weighted by Gasteiger charge is -2.40. The minimum absolute atomic E-state index is 0.603. The van der Waals surface area contributed by atoms with Crippen LogP contribution in [0.25, 0.3) is 0 Å². The largest absolute Gasteiger partial charge is 0.384 e. The molecule has 2 heterocycles. The second-order valence-corrected chi connectivity index (χ2v) is 6.11. The molecule has 2 fully saturated rings. The van der Waals surface area contributed by atoms with Gasteiger partial charge >= 0.3 is 0 Å². The molecule has 1 aromatic heterocycles. The van der Waals surface area contributed by atoms with E-state index < -0.39 is 0 Å². The van der Waals surface area contributed by atoms with Gasteiger partial charge in [0.25, 0.3) is 0 Å². The summed E-state index contributed by atoms with van der Waals surface area (Å²) in [6.07, 6.45) is 10.4. The third-order valence-electron chi connectivity index (χ3n) is 4.79. The van der Waals surface area contributed by atoms with Crippen molar-refractivity contribution in [3.05, 3.63) is 18.3 Å². The van der Waals surface area contributed by atoms with Gasteiger partial charge in [0.1, 0.15) is 5.82 Å². The smallest absolute Gasteiger partial charge is 0.123 e. The van der Waals surface area contributed by atoms with Gasteiger partial charge in [-0.15, -0.1) is 0 Å². The molecule has 0 aromatic carbocycles. The number of nitrogens with two attached hydrogens (primary N) is 1. The Morgan fingerprint density at radius 2 is 1.65 bits per heavy atom. The zero-order valence-corrected chi connectivity index (χ0v) is 12.3. The molecule has 0 radical (unpaired) electrons. The first-order chi connectivity index (χ1) is 9.83. The predicted molar refractivity (Wildman–Crippen MR) is 83.9 cm³/mol. The Kier molecular flexibility index (Phi) is 4.41. The van der Waals surface area contributed by atoms with Crippen molar-refractivity contribution in [1.29, 1.82) is 0 Å². The summed E-state index contributed by atoms with van der Waals surface area (Å²) in [6, 6.07) is 4.82. The van der Waals surface area contributed by atoms with Crippen LogP contribution in [-0.4, -0.2) is 42.1 Å². The minimum atomic E-state index is 0.603. The van der Waals surface area contributed by atoms with Crippen LogP contribution in [0.15, 0.2) is 18.3 Å². The minimum Gasteiger partial charge on any atom is -0.384 e. The molecule has 3 rings (SSSR count). The fourth-order valence-corrected chi connectivity index (χ4v) is 3.55. The van der Waals surface area contributed by atoms with Crippen LogP contribution >= 0.6 is 0 Å². The molecule has 4 nitrogen and oxygen atoms in total. The van der Waals surface area contributed by atoms with Gasteiger partial charge in [-0.05, 0) is 25.0 Å². The molecule has 1 saturated heterocycles. The van der Waals surface area contributed by atoms with Crippen LogP contribution in [0.3, 0.4) is 0 Å². The van der Waals surface area contributed by atoms with Crippen LogP contribution in [0.4, 0.5) is 11.5 Å². The first kappa shape index (κ1) is 13.7. The Balaban J connectivity index is 1.54. The van der Waals surface area contributed by atoms with E-state index in [4.69, 9.17) is 5.73 Å². The maximum absolute atomic E-state index is 5.65. The molecule has 20 heavy (non-hydrogen) atoms. The normalized spacial score (nSPS) is 22.7. The summed E-state index contributed by atoms with van der Waals surface area (Å²) in [5.74, 6) is 0.603. The molecule has 1 aliphatic heterocycles. The third-order valence-corrected chi connectivity index (χ3v) is 4.79. The summed E-state index contributed by atoms with van der Waals surface area (Å²) < 4.78 is 0. The SMILES string of the molecule is Nc1ccc(N2CCN(C3CCCCCC3)CC2)cn1. The Bertz CT molecular complexity index is 401. The van der Waals surface area contributed by atoms with Crippen LogP contribution < -0.4 is 10.6 Å². The number of hydrogen-bond acceptors (Lipinski definition) is 4. The molecule has 0 bridgehead atoms. The number of anilines is 2. The van der Waals surface area contributed by atoms with E-state index in [0.717, 1.165) is 19.1 Å². The maximum Gasteiger partial charge on any atom is 0.123 e. The lowest BCUT2D eigenvalue weighted by molar-refractivity contribution is 0.169. The summed E-state index contributed by atoms with van der Waals surface area (Å²) in [5, 5.41) is 0. The molecule has 110 valence electrons. The van der Waals surface area contributed by atoms with Crippen molar-refractivity contribution in [2.45, 2.75) is 44.6 Å². The number of piperazine rings is 1. The lowest BCUT2D eigenvalue weighted by Crippen LogP contribution is -2.50. The molecule has 0 spiro atoms. The van der Waals surface area contributed by atoms with Crippen LogP contribution in [0.5, 0.6) is 0 Å². The molecule has 2 N–H and O–H groups in total. The van der Waals surface area contributed by atoms with Crippen molar-refractivity contribution < 1.29 is 0 Å². The fraction of sp³-hybridized carbons (Fsp3) is 0.688. The van der Waals surface area contributed by atoms with Gasteiger partial charge < -0.3 is 10.6 Å². The van der Waals surface area contributed by atoms with Crippen molar-refractivity contribution >= 4 is 11.5 Å². The van der Waals surface area contributed by atoms with E-state index in [0.29, 0.717) is 5.82 Å². The Morgan fingerprint density at radius 3 is 2.25 bits per heavy atom. The van der Waals surface area contributed by atoms with Crippen molar-refractivity contribution in [3.63, 3.8) is 0 Å². The van der Waals surface area contributed by atoms with E-state index in [2.05, 4.69) is 20.9 Å². The standard InChI is InChI=1S/C16H26N4/c17-16-8-7-15(13-18-16)20-11-9-19(10-12-20)14-5-3-1-2-4-6-14/h7-8,13-14H,1-6,9-12H2,(H2,17,18). The third kappa shape index (κ3) is 3.23. The van der Waals surface area contributed by atoms with E-state index in [9.17, 15) is 0 Å². The first-order valence-electron chi connectivity index (χ1n) is 8.03. The highest BCUT2D eigenvalue weighted by Gasteiger charge is 2.24. The summed E-state index contributed by atoms with van der Waals surface area (Å²) in [5.41, 5.74) is 6.86. The summed E-state index contributed by atoms with van der Waals surface area (Å²) in [4.78, 5) is 9.34. The second-order valence-electron chi connectivity index (χ2n) is 6.11. The first-order valence-corrected chi connectivity index (χ1v) is 8.03. The van der Waals surface area contributed by atoms with Crippen molar-refractivity contribution in [2.75, 3.05) is 36.8 Å². The van der Waals surface area contributed by atoms with E-state index >= 15 is 0 Å². The van der Waals surface area contributed by atoms with Crippen LogP contribution in [0.1, 0.15) is 38.5 Å². The van der Waals surface area contributed by atoms with Crippen LogP contribution in [-0.2, 0) is 0 Å². The average molecular weight is 274 g/mol. The second kappa shape index (κ2) is 6.44. The number of nitrogen functional groups attached to an aromatic ring is 1. The molecule has 1 aromatic rings. The molecule has 0 atom stereocenters. The molecule has 4 heteroatoms. The number of nitrogens with zero attached hydrogens (tertiary/aromatic N) is 3. The molecule has 0 amide bonds. The molecule has 1 aliphatic carbocycles. The highest BCUT2D eigenvalue weighted by Crippen LogP contribution is 2.24. The number of hydrogen-bond donors (Lipinski definition) is 1. The van der Waals surface area contributed by atoms with Gasteiger partial charge in [0.2, 0.25) is 0 Å². The highest BCUT2D eigenvalue weighted by molar-refractivity contribution is 5.48. The van der Waals surface area contributed by atoms with Gasteiger partial charge in [0.15, 0.2) is 0 Å². The Labute approximate surface area is 122 Å². The monoisotopic (exact) mass is 274 g/mol. The van der Waals surface area contributed by atoms with Gasteiger partial charge in [-0.1, -0.05) is 25.7 Å². The highest BCUT2D eigenvalue weighted by atomic mass is 15.3. The maximum atomic E-state index is 5.65. The average Bonchev–Trinajstić information content (AvgIpc) is 2.77. The molecule has 0 unspecified atom stereocenters. The van der Waals surface area contributed by atoms with Crippen molar-refractivity contribution in [3.8, 4) is 0 Å². The zero-order valence-electron chi connectivity index (χ0n) is 12.3. The van der Waals surface area contributed by atoms with Gasteiger partial charge in [-0.3, -0.25) is 4.90 Å². The van der Waals surface area contributed by atoms with Gasteiger partial charge in [0, 0.05) is 32.2 Å². The van der Waals surface area contributed by atoms with E-state index in [1.54, 1.807) is 0 Å². The van der Waals surface area contributed by atoms with Gasteiger partial charge in [-0.2, -0.15) is 0 Å². The Hall–Kier alpha value is -1.29. The zero-order chi connectivity index (χ0) is 13.8. The summed E-state index contributed by atoms with van der Waals surface area (Å²) in [7, 11) is 0. The van der Waals surface area contributed by atoms with Crippen molar-refractivity contribution in [2.24, 2.45) is 0 Å². The van der Waals surface area contributed by atoms with Crippen LogP contribution in [0.2, 0.25) is 0 Å². The lowest BCUT2D eigenvalue weighted by atomic mass is 10.1. The topological polar surface area (TPSA) is 45.4 Å². The molecular formula is C16H26N4. The van der Waals surface area contributed by atoms with Gasteiger partial charge in [0.05, 0.1) is 11.9 Å². The summed E-state index contributed by atoms with van der Waals surface area (Å²) >= 11 is 0. The van der Waals surface area contributed by atoms with E-state index in [1.165, 1.54) is 57.3 Å². The molecule has 2 aliphatic rings.